The minimum absolute atomic E-state index is 0. The lowest BCUT2D eigenvalue weighted by atomic mass is 10.1. The van der Waals surface area contributed by atoms with Crippen LogP contribution in [0.3, 0.4) is 0 Å². The summed E-state index contributed by atoms with van der Waals surface area (Å²) < 4.78 is 0. The predicted molar refractivity (Wildman–Crippen MR) is 122 cm³/mol. The highest BCUT2D eigenvalue weighted by atomic mass is 35.5. The van der Waals surface area contributed by atoms with Crippen molar-refractivity contribution in [2.45, 2.75) is 25.3 Å². The standard InChI is InChI=1S/C22H25N3O2S.ClH/c26-21(14-19-15-28-12-10-23-19)24-18-7-5-16(6-8-18)13-22(27)25-11-9-17-3-1-2-4-20(17)25;/h1-8,19,23H,9-15H2,(H,24,26);1H. The Kier molecular flexibility index (Phi) is 7.58. The van der Waals surface area contributed by atoms with Crippen LogP contribution < -0.4 is 15.5 Å². The predicted octanol–water partition coefficient (Wildman–Crippen LogP) is 3.27. The topological polar surface area (TPSA) is 61.4 Å². The molecule has 1 atom stereocenters. The van der Waals surface area contributed by atoms with Gasteiger partial charge in [-0.05, 0) is 35.7 Å². The Balaban J connectivity index is 0.00000240. The molecule has 0 saturated carbocycles. The molecule has 2 aliphatic heterocycles. The fraction of sp³-hybridized carbons (Fsp3) is 0.364. The van der Waals surface area contributed by atoms with Crippen LogP contribution in [-0.2, 0) is 22.4 Å². The van der Waals surface area contributed by atoms with Gasteiger partial charge in [0.15, 0.2) is 0 Å². The van der Waals surface area contributed by atoms with E-state index in [4.69, 9.17) is 0 Å². The number of benzene rings is 2. The fourth-order valence-corrected chi connectivity index (χ4v) is 4.71. The molecule has 1 saturated heterocycles. The third kappa shape index (κ3) is 5.53. The van der Waals surface area contributed by atoms with Crippen LogP contribution in [0.1, 0.15) is 17.5 Å². The zero-order chi connectivity index (χ0) is 19.3. The number of hydrogen-bond donors (Lipinski definition) is 2. The summed E-state index contributed by atoms with van der Waals surface area (Å²) in [6, 6.07) is 15.9. The molecule has 2 aliphatic rings. The third-order valence-electron chi connectivity index (χ3n) is 5.21. The van der Waals surface area contributed by atoms with E-state index in [1.165, 1.54) is 5.56 Å². The van der Waals surface area contributed by atoms with Gasteiger partial charge in [-0.3, -0.25) is 9.59 Å². The lowest BCUT2D eigenvalue weighted by molar-refractivity contribution is -0.118. The van der Waals surface area contributed by atoms with E-state index in [1.807, 2.05) is 59.1 Å². The average Bonchev–Trinajstić information content (AvgIpc) is 3.14. The lowest BCUT2D eigenvalue weighted by Gasteiger charge is -2.22. The van der Waals surface area contributed by atoms with Crippen LogP contribution >= 0.6 is 24.2 Å². The zero-order valence-electron chi connectivity index (χ0n) is 16.2. The summed E-state index contributed by atoms with van der Waals surface area (Å²) in [7, 11) is 0. The molecule has 4 rings (SSSR count). The Morgan fingerprint density at radius 1 is 1.14 bits per heavy atom. The molecule has 0 spiro atoms. The van der Waals surface area contributed by atoms with Gasteiger partial charge in [-0.2, -0.15) is 11.8 Å². The van der Waals surface area contributed by atoms with Crippen molar-refractivity contribution in [3.63, 3.8) is 0 Å². The Bertz CT molecular complexity index is 853. The summed E-state index contributed by atoms with van der Waals surface area (Å²) in [5.74, 6) is 2.23. The van der Waals surface area contributed by atoms with Gasteiger partial charge in [-0.25, -0.2) is 0 Å². The molecule has 2 aromatic rings. The molecule has 5 nitrogen and oxygen atoms in total. The number of thioether (sulfide) groups is 1. The van der Waals surface area contributed by atoms with E-state index in [1.54, 1.807) is 0 Å². The maximum Gasteiger partial charge on any atom is 0.231 e. The largest absolute Gasteiger partial charge is 0.326 e. The molecule has 154 valence electrons. The number of para-hydroxylation sites is 1. The number of hydrogen-bond acceptors (Lipinski definition) is 4. The quantitative estimate of drug-likeness (QED) is 0.762. The lowest BCUT2D eigenvalue weighted by Crippen LogP contribution is -2.39. The highest BCUT2D eigenvalue weighted by Crippen LogP contribution is 2.28. The van der Waals surface area contributed by atoms with Crippen LogP contribution in [0.5, 0.6) is 0 Å². The van der Waals surface area contributed by atoms with Crippen molar-refractivity contribution in [2.75, 3.05) is 34.8 Å². The number of rotatable bonds is 5. The normalized spacial score (nSPS) is 17.9. The Hall–Kier alpha value is -2.02. The van der Waals surface area contributed by atoms with E-state index < -0.39 is 0 Å². The molecule has 2 N–H and O–H groups in total. The van der Waals surface area contributed by atoms with Crippen LogP contribution in [-0.4, -0.2) is 42.5 Å². The van der Waals surface area contributed by atoms with Gasteiger partial charge in [-0.15, -0.1) is 12.4 Å². The van der Waals surface area contributed by atoms with Crippen molar-refractivity contribution in [3.05, 3.63) is 59.7 Å². The van der Waals surface area contributed by atoms with Crippen LogP contribution in [0, 0.1) is 0 Å². The Labute approximate surface area is 182 Å². The van der Waals surface area contributed by atoms with Crippen molar-refractivity contribution in [2.24, 2.45) is 0 Å². The first-order valence-electron chi connectivity index (χ1n) is 9.77. The monoisotopic (exact) mass is 431 g/mol. The van der Waals surface area contributed by atoms with Crippen molar-refractivity contribution in [1.82, 2.24) is 5.32 Å². The second-order valence-electron chi connectivity index (χ2n) is 7.28. The number of halogens is 1. The molecule has 0 bridgehead atoms. The second-order valence-corrected chi connectivity index (χ2v) is 8.43. The van der Waals surface area contributed by atoms with Crippen molar-refractivity contribution >= 4 is 47.4 Å². The van der Waals surface area contributed by atoms with Gasteiger partial charge in [-0.1, -0.05) is 30.3 Å². The van der Waals surface area contributed by atoms with Gasteiger partial charge >= 0.3 is 0 Å². The summed E-state index contributed by atoms with van der Waals surface area (Å²) >= 11 is 1.89. The van der Waals surface area contributed by atoms with Gasteiger partial charge in [0, 0.05) is 48.4 Å². The summed E-state index contributed by atoms with van der Waals surface area (Å²) in [6.07, 6.45) is 1.77. The van der Waals surface area contributed by atoms with Gasteiger partial charge in [0.1, 0.15) is 0 Å². The highest BCUT2D eigenvalue weighted by molar-refractivity contribution is 7.99. The highest BCUT2D eigenvalue weighted by Gasteiger charge is 2.24. The Morgan fingerprint density at radius 2 is 1.93 bits per heavy atom. The maximum absolute atomic E-state index is 12.7. The van der Waals surface area contributed by atoms with Crippen molar-refractivity contribution in [1.29, 1.82) is 0 Å². The first-order valence-corrected chi connectivity index (χ1v) is 10.9. The van der Waals surface area contributed by atoms with Gasteiger partial charge in [0.05, 0.1) is 6.42 Å². The van der Waals surface area contributed by atoms with E-state index in [0.29, 0.717) is 12.8 Å². The average molecular weight is 432 g/mol. The summed E-state index contributed by atoms with van der Waals surface area (Å²) in [6.45, 7) is 1.71. The molecule has 29 heavy (non-hydrogen) atoms. The minimum Gasteiger partial charge on any atom is -0.326 e. The number of fused-ring (bicyclic) bond motifs is 1. The van der Waals surface area contributed by atoms with Gasteiger partial charge in [0.25, 0.3) is 0 Å². The molecule has 1 fully saturated rings. The molecule has 1 unspecified atom stereocenters. The van der Waals surface area contributed by atoms with E-state index >= 15 is 0 Å². The molecule has 0 aliphatic carbocycles. The third-order valence-corrected chi connectivity index (χ3v) is 6.34. The minimum atomic E-state index is 0. The smallest absolute Gasteiger partial charge is 0.231 e. The van der Waals surface area contributed by atoms with E-state index in [0.717, 1.165) is 48.0 Å². The molecule has 2 amide bonds. The first kappa shape index (κ1) is 21.7. The number of anilines is 2. The van der Waals surface area contributed by atoms with E-state index in [9.17, 15) is 9.59 Å². The molecular weight excluding hydrogens is 406 g/mol. The molecular formula is C22H26ClN3O2S. The summed E-state index contributed by atoms with van der Waals surface area (Å²) in [4.78, 5) is 26.8. The first-order chi connectivity index (χ1) is 13.7. The fourth-order valence-electron chi connectivity index (χ4n) is 3.76. The van der Waals surface area contributed by atoms with E-state index in [-0.39, 0.29) is 30.3 Å². The second kappa shape index (κ2) is 10.1. The molecule has 7 heteroatoms. The number of amides is 2. The number of carbonyl (C=O) groups is 2. The van der Waals surface area contributed by atoms with Crippen molar-refractivity contribution in [3.8, 4) is 0 Å². The van der Waals surface area contributed by atoms with Crippen molar-refractivity contribution < 1.29 is 9.59 Å². The van der Waals surface area contributed by atoms with Crippen LogP contribution in [0.4, 0.5) is 11.4 Å². The number of carbonyl (C=O) groups excluding carboxylic acids is 2. The zero-order valence-corrected chi connectivity index (χ0v) is 17.9. The molecule has 0 aromatic heterocycles. The Morgan fingerprint density at radius 3 is 2.69 bits per heavy atom. The molecule has 2 heterocycles. The summed E-state index contributed by atoms with van der Waals surface area (Å²) in [5.41, 5.74) is 4.00. The van der Waals surface area contributed by atoms with Gasteiger partial charge in [0.2, 0.25) is 11.8 Å². The maximum atomic E-state index is 12.7. The molecule has 2 aromatic carbocycles. The number of nitrogens with one attached hydrogen (secondary N) is 2. The van der Waals surface area contributed by atoms with Crippen LogP contribution in [0.15, 0.2) is 48.5 Å². The van der Waals surface area contributed by atoms with Crippen LogP contribution in [0.2, 0.25) is 0 Å². The summed E-state index contributed by atoms with van der Waals surface area (Å²) in [5, 5.41) is 6.33. The van der Waals surface area contributed by atoms with Crippen LogP contribution in [0.25, 0.3) is 0 Å². The van der Waals surface area contributed by atoms with Gasteiger partial charge < -0.3 is 15.5 Å². The SMILES string of the molecule is Cl.O=C(CC1CSCCN1)Nc1ccc(CC(=O)N2CCc3ccccc32)cc1. The number of nitrogens with zero attached hydrogens (tertiary/aromatic N) is 1. The molecule has 0 radical (unpaired) electrons. The van der Waals surface area contributed by atoms with E-state index in [2.05, 4.69) is 16.7 Å².